The Morgan fingerprint density at radius 1 is 1.41 bits per heavy atom. The zero-order valence-electron chi connectivity index (χ0n) is 10.3. The highest BCUT2D eigenvalue weighted by Gasteiger charge is 2.16. The van der Waals surface area contributed by atoms with Gasteiger partial charge in [-0.2, -0.15) is 0 Å². The van der Waals surface area contributed by atoms with Gasteiger partial charge >= 0.3 is 0 Å². The Balaban J connectivity index is 1.84. The predicted molar refractivity (Wildman–Crippen MR) is 66.4 cm³/mol. The van der Waals surface area contributed by atoms with Crippen molar-refractivity contribution in [3.8, 4) is 0 Å². The van der Waals surface area contributed by atoms with E-state index in [0.717, 1.165) is 25.1 Å². The Labute approximate surface area is 102 Å². The van der Waals surface area contributed by atoms with Crippen LogP contribution in [0.15, 0.2) is 24.3 Å². The molecule has 0 radical (unpaired) electrons. The van der Waals surface area contributed by atoms with E-state index in [9.17, 15) is 4.39 Å². The van der Waals surface area contributed by atoms with E-state index in [4.69, 9.17) is 4.74 Å². The fourth-order valence-electron chi connectivity index (χ4n) is 2.21. The summed E-state index contributed by atoms with van der Waals surface area (Å²) in [5.41, 5.74) is 0.725. The van der Waals surface area contributed by atoms with Gasteiger partial charge in [0.1, 0.15) is 5.82 Å². The first-order valence-corrected chi connectivity index (χ1v) is 6.37. The van der Waals surface area contributed by atoms with Crippen molar-refractivity contribution in [1.82, 2.24) is 5.32 Å². The first-order chi connectivity index (χ1) is 8.27. The summed E-state index contributed by atoms with van der Waals surface area (Å²) in [6.45, 7) is 3.65. The molecule has 0 bridgehead atoms. The van der Waals surface area contributed by atoms with Crippen molar-refractivity contribution in [3.05, 3.63) is 35.6 Å². The fourth-order valence-corrected chi connectivity index (χ4v) is 2.21. The molecule has 1 saturated heterocycles. The second-order valence-corrected chi connectivity index (χ2v) is 4.64. The van der Waals surface area contributed by atoms with Gasteiger partial charge in [-0.25, -0.2) is 4.39 Å². The van der Waals surface area contributed by atoms with Crippen LogP contribution in [-0.4, -0.2) is 19.3 Å². The zero-order valence-corrected chi connectivity index (χ0v) is 10.3. The number of rotatable bonds is 4. The molecule has 17 heavy (non-hydrogen) atoms. The van der Waals surface area contributed by atoms with Crippen LogP contribution in [0.3, 0.4) is 0 Å². The molecule has 0 amide bonds. The van der Waals surface area contributed by atoms with Crippen LogP contribution in [0, 0.1) is 5.82 Å². The molecule has 1 heterocycles. The number of hydrogen-bond acceptors (Lipinski definition) is 2. The zero-order chi connectivity index (χ0) is 12.1. The summed E-state index contributed by atoms with van der Waals surface area (Å²) in [5.74, 6) is -0.142. The third-order valence-electron chi connectivity index (χ3n) is 3.30. The summed E-state index contributed by atoms with van der Waals surface area (Å²) in [6, 6.07) is 6.95. The first-order valence-electron chi connectivity index (χ1n) is 6.37. The van der Waals surface area contributed by atoms with E-state index in [1.807, 2.05) is 19.1 Å². The maximum Gasteiger partial charge on any atom is 0.127 e. The van der Waals surface area contributed by atoms with Gasteiger partial charge in [-0.05, 0) is 32.3 Å². The maximum atomic E-state index is 13.5. The van der Waals surface area contributed by atoms with Crippen molar-refractivity contribution in [2.45, 2.75) is 38.3 Å². The number of ether oxygens (including phenoxy) is 1. The number of benzene rings is 1. The predicted octanol–water partition coefficient (Wildman–Crippen LogP) is 3.05. The third-order valence-corrected chi connectivity index (χ3v) is 3.30. The van der Waals surface area contributed by atoms with Crippen LogP contribution >= 0.6 is 0 Å². The molecule has 2 unspecified atom stereocenters. The molecule has 1 fully saturated rings. The standard InChI is InChI=1S/C14H20FNO/c1-11(13-7-2-3-8-14(13)15)16-10-12-6-4-5-9-17-12/h2-3,7-8,11-12,16H,4-6,9-10H2,1H3. The lowest BCUT2D eigenvalue weighted by atomic mass is 10.1. The van der Waals surface area contributed by atoms with Crippen LogP contribution in [-0.2, 0) is 4.74 Å². The average molecular weight is 237 g/mol. The monoisotopic (exact) mass is 237 g/mol. The second kappa shape index (κ2) is 6.12. The molecule has 0 aliphatic carbocycles. The molecule has 1 aliphatic heterocycles. The quantitative estimate of drug-likeness (QED) is 0.869. The topological polar surface area (TPSA) is 21.3 Å². The van der Waals surface area contributed by atoms with Crippen molar-refractivity contribution in [1.29, 1.82) is 0 Å². The molecule has 2 atom stereocenters. The van der Waals surface area contributed by atoms with Gasteiger partial charge in [0, 0.05) is 24.8 Å². The van der Waals surface area contributed by atoms with Crippen LogP contribution in [0.2, 0.25) is 0 Å². The van der Waals surface area contributed by atoms with Crippen LogP contribution in [0.25, 0.3) is 0 Å². The molecule has 1 aliphatic rings. The van der Waals surface area contributed by atoms with E-state index < -0.39 is 0 Å². The minimum absolute atomic E-state index is 0.0294. The minimum Gasteiger partial charge on any atom is -0.377 e. The average Bonchev–Trinajstić information content (AvgIpc) is 2.38. The summed E-state index contributed by atoms with van der Waals surface area (Å²) in [4.78, 5) is 0. The van der Waals surface area contributed by atoms with Crippen molar-refractivity contribution in [2.75, 3.05) is 13.2 Å². The number of hydrogen-bond donors (Lipinski definition) is 1. The van der Waals surface area contributed by atoms with Crippen LogP contribution in [0.5, 0.6) is 0 Å². The molecule has 1 aromatic carbocycles. The van der Waals surface area contributed by atoms with Crippen molar-refractivity contribution in [3.63, 3.8) is 0 Å². The lowest BCUT2D eigenvalue weighted by molar-refractivity contribution is 0.0156. The van der Waals surface area contributed by atoms with Crippen LogP contribution < -0.4 is 5.32 Å². The van der Waals surface area contributed by atoms with E-state index in [1.54, 1.807) is 6.07 Å². The van der Waals surface area contributed by atoms with Gasteiger partial charge in [0.15, 0.2) is 0 Å². The Hall–Kier alpha value is -0.930. The molecule has 2 nitrogen and oxygen atoms in total. The summed E-state index contributed by atoms with van der Waals surface area (Å²) in [5, 5.41) is 3.34. The van der Waals surface area contributed by atoms with E-state index in [1.165, 1.54) is 18.9 Å². The van der Waals surface area contributed by atoms with Gasteiger partial charge in [-0.1, -0.05) is 18.2 Å². The van der Waals surface area contributed by atoms with Gasteiger partial charge in [-0.3, -0.25) is 0 Å². The molecular weight excluding hydrogens is 217 g/mol. The highest BCUT2D eigenvalue weighted by molar-refractivity contribution is 5.20. The highest BCUT2D eigenvalue weighted by atomic mass is 19.1. The van der Waals surface area contributed by atoms with Gasteiger partial charge in [-0.15, -0.1) is 0 Å². The summed E-state index contributed by atoms with van der Waals surface area (Å²) in [7, 11) is 0. The maximum absolute atomic E-state index is 13.5. The largest absolute Gasteiger partial charge is 0.377 e. The Kier molecular flexibility index (Phi) is 4.51. The number of nitrogens with one attached hydrogen (secondary N) is 1. The van der Waals surface area contributed by atoms with E-state index in [2.05, 4.69) is 5.32 Å². The van der Waals surface area contributed by atoms with Gasteiger partial charge < -0.3 is 10.1 Å². The summed E-state index contributed by atoms with van der Waals surface area (Å²) in [6.07, 6.45) is 3.80. The van der Waals surface area contributed by atoms with Crippen LogP contribution in [0.1, 0.15) is 37.8 Å². The molecule has 0 spiro atoms. The van der Waals surface area contributed by atoms with E-state index in [-0.39, 0.29) is 18.0 Å². The lowest BCUT2D eigenvalue weighted by Crippen LogP contribution is -2.33. The molecule has 1 aromatic rings. The third kappa shape index (κ3) is 3.51. The fraction of sp³-hybridized carbons (Fsp3) is 0.571. The lowest BCUT2D eigenvalue weighted by Gasteiger charge is -2.25. The molecule has 3 heteroatoms. The normalized spacial score (nSPS) is 22.4. The Bertz CT molecular complexity index is 350. The Morgan fingerprint density at radius 3 is 2.94 bits per heavy atom. The van der Waals surface area contributed by atoms with Gasteiger partial charge in [0.25, 0.3) is 0 Å². The van der Waals surface area contributed by atoms with Crippen LogP contribution in [0.4, 0.5) is 4.39 Å². The molecule has 0 saturated carbocycles. The van der Waals surface area contributed by atoms with Crippen molar-refractivity contribution < 1.29 is 9.13 Å². The second-order valence-electron chi connectivity index (χ2n) is 4.64. The van der Waals surface area contributed by atoms with Crippen molar-refractivity contribution >= 4 is 0 Å². The summed E-state index contributed by atoms with van der Waals surface area (Å²) >= 11 is 0. The molecule has 0 aromatic heterocycles. The van der Waals surface area contributed by atoms with E-state index >= 15 is 0 Å². The SMILES string of the molecule is CC(NCC1CCCCO1)c1ccccc1F. The smallest absolute Gasteiger partial charge is 0.127 e. The Morgan fingerprint density at radius 2 is 2.24 bits per heavy atom. The van der Waals surface area contributed by atoms with E-state index in [0.29, 0.717) is 0 Å². The van der Waals surface area contributed by atoms with Crippen molar-refractivity contribution in [2.24, 2.45) is 0 Å². The first kappa shape index (κ1) is 12.5. The minimum atomic E-state index is -0.142. The highest BCUT2D eigenvalue weighted by Crippen LogP contribution is 2.17. The summed E-state index contributed by atoms with van der Waals surface area (Å²) < 4.78 is 19.2. The van der Waals surface area contributed by atoms with Gasteiger partial charge in [0.2, 0.25) is 0 Å². The number of halogens is 1. The van der Waals surface area contributed by atoms with Gasteiger partial charge in [0.05, 0.1) is 6.10 Å². The molecule has 2 rings (SSSR count). The molecule has 1 N–H and O–H groups in total. The molecular formula is C14H20FNO. The molecule has 94 valence electrons.